The Hall–Kier alpha value is -1.21. The summed E-state index contributed by atoms with van der Waals surface area (Å²) in [6.45, 7) is 6.30. The first-order chi connectivity index (χ1) is 10.6. The number of hydrogen-bond acceptors (Lipinski definition) is 4. The molecule has 1 amide bonds. The summed E-state index contributed by atoms with van der Waals surface area (Å²) >= 11 is 0. The maximum absolute atomic E-state index is 13.7. The average molecular weight is 349 g/mol. The van der Waals surface area contributed by atoms with Crippen LogP contribution in [0.15, 0.2) is 18.2 Å². The lowest BCUT2D eigenvalue weighted by Crippen LogP contribution is -2.38. The zero-order valence-corrected chi connectivity index (χ0v) is 14.7. The van der Waals surface area contributed by atoms with Gasteiger partial charge in [-0.25, -0.2) is 4.39 Å². The minimum absolute atomic E-state index is 0. The highest BCUT2D eigenvalue weighted by Crippen LogP contribution is 2.12. The van der Waals surface area contributed by atoms with Crippen LogP contribution in [0.25, 0.3) is 0 Å². The second kappa shape index (κ2) is 12.2. The molecular weight excluding hydrogens is 323 g/mol. The van der Waals surface area contributed by atoms with Gasteiger partial charge in [-0.15, -0.1) is 12.4 Å². The molecule has 2 N–H and O–H groups in total. The van der Waals surface area contributed by atoms with E-state index in [1.54, 1.807) is 7.11 Å². The highest BCUT2D eigenvalue weighted by Gasteiger charge is 2.11. The molecular formula is C16H26ClFN2O3. The van der Waals surface area contributed by atoms with Crippen molar-refractivity contribution in [2.24, 2.45) is 0 Å². The van der Waals surface area contributed by atoms with Crippen LogP contribution < -0.4 is 10.6 Å². The van der Waals surface area contributed by atoms with Gasteiger partial charge in [-0.3, -0.25) is 4.79 Å². The topological polar surface area (TPSA) is 59.6 Å². The Morgan fingerprint density at radius 3 is 2.74 bits per heavy atom. The zero-order valence-electron chi connectivity index (χ0n) is 13.9. The van der Waals surface area contributed by atoms with Gasteiger partial charge in [0.25, 0.3) is 5.91 Å². The number of carbonyl (C=O) groups is 1. The van der Waals surface area contributed by atoms with Crippen molar-refractivity contribution in [2.45, 2.75) is 26.5 Å². The highest BCUT2D eigenvalue weighted by atomic mass is 35.5. The monoisotopic (exact) mass is 348 g/mol. The number of nitrogens with one attached hydrogen (secondary N) is 2. The predicted molar refractivity (Wildman–Crippen MR) is 90.7 cm³/mol. The Labute approximate surface area is 143 Å². The van der Waals surface area contributed by atoms with Crippen LogP contribution in [-0.2, 0) is 16.1 Å². The Kier molecular flexibility index (Phi) is 11.6. The van der Waals surface area contributed by atoms with Crippen molar-refractivity contribution in [2.75, 3.05) is 33.4 Å². The van der Waals surface area contributed by atoms with Crippen molar-refractivity contribution in [3.8, 4) is 0 Å². The van der Waals surface area contributed by atoms with Gasteiger partial charge >= 0.3 is 0 Å². The third-order valence-corrected chi connectivity index (χ3v) is 3.12. The number of amides is 1. The lowest BCUT2D eigenvalue weighted by molar-refractivity contribution is 0.0604. The molecule has 0 aliphatic carbocycles. The molecule has 0 saturated heterocycles. The van der Waals surface area contributed by atoms with Gasteiger partial charge in [0.1, 0.15) is 5.82 Å². The summed E-state index contributed by atoms with van der Waals surface area (Å²) in [4.78, 5) is 12.1. The standard InChI is InChI=1S/C16H25FN2O3.ClH/c1-4-18-12(2)10-19-16(20)13-5-6-15(17)14(9-13)11-22-8-7-21-3;/h5-6,9,12,18H,4,7-8,10-11H2,1-3H3,(H,19,20);1H/t12-;/m1./s1. The summed E-state index contributed by atoms with van der Waals surface area (Å²) in [6, 6.07) is 4.47. The number of methoxy groups -OCH3 is 1. The molecule has 1 atom stereocenters. The predicted octanol–water partition coefficient (Wildman–Crippen LogP) is 2.14. The first-order valence-electron chi connectivity index (χ1n) is 7.45. The van der Waals surface area contributed by atoms with Crippen molar-refractivity contribution < 1.29 is 18.7 Å². The maximum atomic E-state index is 13.7. The SMILES string of the molecule is CCN[C@H](C)CNC(=O)c1ccc(F)c(COCCOC)c1.Cl. The van der Waals surface area contributed by atoms with Gasteiger partial charge in [0, 0.05) is 30.8 Å². The third-order valence-electron chi connectivity index (χ3n) is 3.12. The summed E-state index contributed by atoms with van der Waals surface area (Å²) in [5, 5.41) is 6.03. The molecule has 0 spiro atoms. The lowest BCUT2D eigenvalue weighted by Gasteiger charge is -2.13. The van der Waals surface area contributed by atoms with Crippen LogP contribution in [0.2, 0.25) is 0 Å². The van der Waals surface area contributed by atoms with Crippen LogP contribution in [0.4, 0.5) is 4.39 Å². The van der Waals surface area contributed by atoms with Gasteiger partial charge in [-0.1, -0.05) is 6.92 Å². The molecule has 0 aromatic heterocycles. The summed E-state index contributed by atoms with van der Waals surface area (Å²) in [7, 11) is 1.57. The van der Waals surface area contributed by atoms with Crippen molar-refractivity contribution in [3.63, 3.8) is 0 Å². The Balaban J connectivity index is 0.00000484. The van der Waals surface area contributed by atoms with Gasteiger partial charge < -0.3 is 20.1 Å². The van der Waals surface area contributed by atoms with Crippen molar-refractivity contribution in [1.29, 1.82) is 0 Å². The van der Waals surface area contributed by atoms with Crippen LogP contribution in [0, 0.1) is 5.82 Å². The van der Waals surface area contributed by atoms with E-state index in [9.17, 15) is 9.18 Å². The minimum Gasteiger partial charge on any atom is -0.382 e. The fraction of sp³-hybridized carbons (Fsp3) is 0.562. The number of rotatable bonds is 10. The van der Waals surface area contributed by atoms with E-state index in [2.05, 4.69) is 10.6 Å². The van der Waals surface area contributed by atoms with E-state index in [1.807, 2.05) is 13.8 Å². The van der Waals surface area contributed by atoms with Crippen LogP contribution in [0.3, 0.4) is 0 Å². The molecule has 0 aliphatic heterocycles. The number of carbonyl (C=O) groups excluding carboxylic acids is 1. The van der Waals surface area contributed by atoms with E-state index < -0.39 is 0 Å². The molecule has 0 unspecified atom stereocenters. The number of benzene rings is 1. The quantitative estimate of drug-likeness (QED) is 0.636. The summed E-state index contributed by atoms with van der Waals surface area (Å²) in [6.07, 6.45) is 0. The van der Waals surface area contributed by atoms with E-state index >= 15 is 0 Å². The van der Waals surface area contributed by atoms with Crippen LogP contribution in [0.1, 0.15) is 29.8 Å². The second-order valence-corrected chi connectivity index (χ2v) is 5.02. The normalized spacial score (nSPS) is 11.7. The average Bonchev–Trinajstić information content (AvgIpc) is 2.51. The fourth-order valence-electron chi connectivity index (χ4n) is 1.92. The van der Waals surface area contributed by atoms with Gasteiger partial charge in [0.2, 0.25) is 0 Å². The summed E-state index contributed by atoms with van der Waals surface area (Å²) in [5.74, 6) is -0.599. The first kappa shape index (κ1) is 21.8. The largest absolute Gasteiger partial charge is 0.382 e. The van der Waals surface area contributed by atoms with Crippen LogP contribution in [0.5, 0.6) is 0 Å². The molecule has 132 valence electrons. The van der Waals surface area contributed by atoms with E-state index in [0.717, 1.165) is 6.54 Å². The minimum atomic E-state index is -0.380. The van der Waals surface area contributed by atoms with Gasteiger partial charge in [-0.2, -0.15) is 0 Å². The fourth-order valence-corrected chi connectivity index (χ4v) is 1.92. The highest BCUT2D eigenvalue weighted by molar-refractivity contribution is 5.94. The summed E-state index contributed by atoms with van der Waals surface area (Å²) in [5.41, 5.74) is 0.791. The van der Waals surface area contributed by atoms with E-state index in [4.69, 9.17) is 9.47 Å². The number of hydrogen-bond donors (Lipinski definition) is 2. The molecule has 0 fully saturated rings. The van der Waals surface area contributed by atoms with Crippen LogP contribution in [-0.4, -0.2) is 45.4 Å². The van der Waals surface area contributed by atoms with E-state index in [1.165, 1.54) is 18.2 Å². The second-order valence-electron chi connectivity index (χ2n) is 5.02. The summed E-state index contributed by atoms with van der Waals surface area (Å²) < 4.78 is 23.9. The molecule has 0 aliphatic rings. The van der Waals surface area contributed by atoms with Crippen molar-refractivity contribution >= 4 is 18.3 Å². The number of ether oxygens (including phenoxy) is 2. The molecule has 0 bridgehead atoms. The number of likely N-dealkylation sites (N-methyl/N-ethyl adjacent to an activating group) is 1. The number of halogens is 2. The van der Waals surface area contributed by atoms with Gasteiger partial charge in [-0.05, 0) is 31.7 Å². The molecule has 23 heavy (non-hydrogen) atoms. The van der Waals surface area contributed by atoms with E-state index in [-0.39, 0.29) is 36.8 Å². The Bertz CT molecular complexity index is 475. The molecule has 0 heterocycles. The Morgan fingerprint density at radius 1 is 1.35 bits per heavy atom. The van der Waals surface area contributed by atoms with Gasteiger partial charge in [0.15, 0.2) is 0 Å². The van der Waals surface area contributed by atoms with Crippen LogP contribution >= 0.6 is 12.4 Å². The smallest absolute Gasteiger partial charge is 0.251 e. The molecule has 1 aromatic carbocycles. The van der Waals surface area contributed by atoms with Gasteiger partial charge in [0.05, 0.1) is 19.8 Å². The molecule has 7 heteroatoms. The maximum Gasteiger partial charge on any atom is 0.251 e. The first-order valence-corrected chi connectivity index (χ1v) is 7.45. The Morgan fingerprint density at radius 2 is 2.09 bits per heavy atom. The molecule has 1 rings (SSSR count). The van der Waals surface area contributed by atoms with E-state index in [0.29, 0.717) is 30.9 Å². The molecule has 1 aromatic rings. The molecule has 0 radical (unpaired) electrons. The molecule has 0 saturated carbocycles. The molecule has 5 nitrogen and oxygen atoms in total. The van der Waals surface area contributed by atoms with Crippen molar-refractivity contribution in [3.05, 3.63) is 35.1 Å². The third kappa shape index (κ3) is 8.27. The lowest BCUT2D eigenvalue weighted by atomic mass is 10.1. The van der Waals surface area contributed by atoms with Crippen molar-refractivity contribution in [1.82, 2.24) is 10.6 Å². The zero-order chi connectivity index (χ0) is 16.4.